The van der Waals surface area contributed by atoms with Crippen LogP contribution in [0.3, 0.4) is 0 Å². The number of hydrazone groups is 1. The molecule has 7 heteroatoms. The minimum atomic E-state index is -0.390. The SMILES string of the molecule is CCC1=NN2C(=N)C(=Cc3cc(C)n(-c4ccc(C(C)CC)cc4)c3C)C(=O)N=C2S1. The van der Waals surface area contributed by atoms with Gasteiger partial charge in [0.1, 0.15) is 5.04 Å². The summed E-state index contributed by atoms with van der Waals surface area (Å²) in [5.74, 6) is 0.224. The minimum Gasteiger partial charge on any atom is -0.318 e. The Balaban J connectivity index is 1.69. The van der Waals surface area contributed by atoms with Crippen molar-refractivity contribution in [2.24, 2.45) is 10.1 Å². The molecule has 6 nitrogen and oxygen atoms in total. The second kappa shape index (κ2) is 8.30. The number of amidine groups is 2. The van der Waals surface area contributed by atoms with Crippen LogP contribution in [0.5, 0.6) is 0 Å². The van der Waals surface area contributed by atoms with Gasteiger partial charge in [-0.1, -0.05) is 32.9 Å². The number of amides is 1. The third-order valence-corrected chi connectivity index (χ3v) is 6.95. The van der Waals surface area contributed by atoms with Crippen LogP contribution < -0.4 is 0 Å². The summed E-state index contributed by atoms with van der Waals surface area (Å²) in [6, 6.07) is 10.7. The second-order valence-corrected chi connectivity index (χ2v) is 8.97. The molecule has 1 unspecified atom stereocenters. The lowest BCUT2D eigenvalue weighted by Crippen LogP contribution is -2.35. The highest BCUT2D eigenvalue weighted by Crippen LogP contribution is 2.30. The molecule has 2 aliphatic rings. The molecule has 31 heavy (non-hydrogen) atoms. The maximum atomic E-state index is 12.7. The van der Waals surface area contributed by atoms with Crippen molar-refractivity contribution in [1.82, 2.24) is 9.58 Å². The van der Waals surface area contributed by atoms with Gasteiger partial charge in [-0.25, -0.2) is 0 Å². The van der Waals surface area contributed by atoms with E-state index in [-0.39, 0.29) is 17.3 Å². The fourth-order valence-electron chi connectivity index (χ4n) is 3.85. The van der Waals surface area contributed by atoms with Crippen molar-refractivity contribution in [2.45, 2.75) is 53.4 Å². The normalized spacial score (nSPS) is 18.4. The first-order valence-corrected chi connectivity index (χ1v) is 11.4. The van der Waals surface area contributed by atoms with Crippen LogP contribution in [-0.2, 0) is 4.79 Å². The van der Waals surface area contributed by atoms with Crippen LogP contribution in [0.25, 0.3) is 11.8 Å². The number of fused-ring (bicyclic) bond motifs is 1. The van der Waals surface area contributed by atoms with Crippen molar-refractivity contribution in [3.63, 3.8) is 0 Å². The van der Waals surface area contributed by atoms with Crippen LogP contribution in [0.2, 0.25) is 0 Å². The molecular formula is C24H27N5OS. The Labute approximate surface area is 187 Å². The van der Waals surface area contributed by atoms with E-state index >= 15 is 0 Å². The molecule has 0 saturated heterocycles. The van der Waals surface area contributed by atoms with Gasteiger partial charge in [-0.15, -0.1) is 0 Å². The Morgan fingerprint density at radius 1 is 1.19 bits per heavy atom. The second-order valence-electron chi connectivity index (χ2n) is 7.93. The van der Waals surface area contributed by atoms with Gasteiger partial charge >= 0.3 is 0 Å². The molecule has 3 heterocycles. The number of aryl methyl sites for hydroxylation is 1. The van der Waals surface area contributed by atoms with Gasteiger partial charge in [-0.3, -0.25) is 10.2 Å². The molecule has 160 valence electrons. The Morgan fingerprint density at radius 2 is 1.90 bits per heavy atom. The average molecular weight is 434 g/mol. The number of carbonyl (C=O) groups is 1. The highest BCUT2D eigenvalue weighted by Gasteiger charge is 2.35. The number of aromatic nitrogens is 1. The van der Waals surface area contributed by atoms with Crippen LogP contribution in [0.1, 0.15) is 62.0 Å². The standard InChI is InChI=1S/C24H27N5OS/c1-6-14(3)17-8-10-19(11-9-17)28-15(4)12-18(16(28)5)13-20-22(25)29-24(26-23(20)30)31-21(7-2)27-29/h8-14,25H,6-7H2,1-5H3. The molecule has 0 saturated carbocycles. The van der Waals surface area contributed by atoms with Gasteiger partial charge in [-0.05, 0) is 79.8 Å². The molecule has 0 fully saturated rings. The summed E-state index contributed by atoms with van der Waals surface area (Å²) in [6.07, 6.45) is 3.63. The van der Waals surface area contributed by atoms with Gasteiger partial charge in [0.25, 0.3) is 5.91 Å². The smallest absolute Gasteiger partial charge is 0.283 e. The molecule has 0 radical (unpaired) electrons. The fraction of sp³-hybridized carbons (Fsp3) is 0.333. The molecule has 4 rings (SSSR count). The molecule has 2 aromatic rings. The first kappa shape index (κ1) is 21.3. The van der Waals surface area contributed by atoms with Crippen molar-refractivity contribution >= 4 is 39.8 Å². The third kappa shape index (κ3) is 3.78. The quantitative estimate of drug-likeness (QED) is 0.620. The predicted molar refractivity (Wildman–Crippen MR) is 129 cm³/mol. The highest BCUT2D eigenvalue weighted by atomic mass is 32.2. The lowest BCUT2D eigenvalue weighted by Gasteiger charge is -2.20. The van der Waals surface area contributed by atoms with E-state index in [4.69, 9.17) is 5.41 Å². The molecule has 1 aromatic carbocycles. The Kier molecular flexibility index (Phi) is 5.71. The van der Waals surface area contributed by atoms with E-state index < -0.39 is 0 Å². The summed E-state index contributed by atoms with van der Waals surface area (Å²) in [6.45, 7) is 10.5. The largest absolute Gasteiger partial charge is 0.318 e. The fourth-order valence-corrected chi connectivity index (χ4v) is 4.67. The number of nitrogens with one attached hydrogen (secondary N) is 1. The summed E-state index contributed by atoms with van der Waals surface area (Å²) in [4.78, 5) is 16.8. The number of hydrogen-bond acceptors (Lipinski definition) is 4. The van der Waals surface area contributed by atoms with Crippen molar-refractivity contribution in [1.29, 1.82) is 5.41 Å². The zero-order chi connectivity index (χ0) is 22.3. The minimum absolute atomic E-state index is 0.0775. The Morgan fingerprint density at radius 3 is 2.55 bits per heavy atom. The van der Waals surface area contributed by atoms with Crippen LogP contribution >= 0.6 is 11.8 Å². The molecule has 1 aromatic heterocycles. The molecule has 1 N–H and O–H groups in total. The summed E-state index contributed by atoms with van der Waals surface area (Å²) < 4.78 is 2.18. The summed E-state index contributed by atoms with van der Waals surface area (Å²) in [7, 11) is 0. The Bertz CT molecular complexity index is 1150. The summed E-state index contributed by atoms with van der Waals surface area (Å²) in [5.41, 5.74) is 5.68. The molecule has 0 aliphatic carbocycles. The van der Waals surface area contributed by atoms with Crippen molar-refractivity contribution in [3.05, 3.63) is 58.4 Å². The van der Waals surface area contributed by atoms with E-state index in [0.29, 0.717) is 11.1 Å². The lowest BCUT2D eigenvalue weighted by atomic mass is 9.98. The maximum Gasteiger partial charge on any atom is 0.283 e. The van der Waals surface area contributed by atoms with E-state index in [1.807, 2.05) is 19.9 Å². The monoisotopic (exact) mass is 433 g/mol. The van der Waals surface area contributed by atoms with Crippen molar-refractivity contribution in [2.75, 3.05) is 0 Å². The van der Waals surface area contributed by atoms with Crippen molar-refractivity contribution in [3.8, 4) is 5.69 Å². The number of benzene rings is 1. The van der Waals surface area contributed by atoms with Gasteiger partial charge in [-0.2, -0.15) is 15.1 Å². The van der Waals surface area contributed by atoms with Crippen LogP contribution in [0.15, 0.2) is 46.0 Å². The topological polar surface area (TPSA) is 73.8 Å². The highest BCUT2D eigenvalue weighted by molar-refractivity contribution is 8.26. The predicted octanol–water partition coefficient (Wildman–Crippen LogP) is 5.64. The van der Waals surface area contributed by atoms with Crippen molar-refractivity contribution < 1.29 is 4.79 Å². The molecule has 1 amide bonds. The number of aliphatic imine (C=N–C) groups is 1. The molecule has 1 atom stereocenters. The molecule has 0 spiro atoms. The van der Waals surface area contributed by atoms with Gasteiger partial charge < -0.3 is 4.57 Å². The van der Waals surface area contributed by atoms with Crippen LogP contribution in [0, 0.1) is 19.3 Å². The van der Waals surface area contributed by atoms with Crippen LogP contribution in [0.4, 0.5) is 0 Å². The third-order valence-electron chi connectivity index (χ3n) is 5.90. The summed E-state index contributed by atoms with van der Waals surface area (Å²) >= 11 is 1.35. The van der Waals surface area contributed by atoms with Gasteiger partial charge in [0, 0.05) is 17.1 Å². The van der Waals surface area contributed by atoms with E-state index in [2.05, 4.69) is 59.7 Å². The molecular weight excluding hydrogens is 406 g/mol. The van der Waals surface area contributed by atoms with E-state index in [0.717, 1.165) is 40.5 Å². The van der Waals surface area contributed by atoms with Gasteiger partial charge in [0.05, 0.1) is 5.57 Å². The maximum absolute atomic E-state index is 12.7. The molecule has 2 aliphatic heterocycles. The average Bonchev–Trinajstić information content (AvgIpc) is 3.30. The van der Waals surface area contributed by atoms with E-state index in [1.165, 1.54) is 22.3 Å². The number of carbonyl (C=O) groups excluding carboxylic acids is 1. The first-order chi connectivity index (χ1) is 14.8. The zero-order valence-electron chi connectivity index (χ0n) is 18.6. The molecule has 0 bridgehead atoms. The number of rotatable bonds is 5. The van der Waals surface area contributed by atoms with Crippen LogP contribution in [-0.4, -0.2) is 31.5 Å². The number of nitrogens with zero attached hydrogens (tertiary/aromatic N) is 4. The Hall–Kier alpha value is -2.93. The zero-order valence-corrected chi connectivity index (χ0v) is 19.4. The van der Waals surface area contributed by atoms with Gasteiger partial charge in [0.15, 0.2) is 5.84 Å². The van der Waals surface area contributed by atoms with Gasteiger partial charge in [0.2, 0.25) is 5.17 Å². The first-order valence-electron chi connectivity index (χ1n) is 10.6. The number of thioether (sulfide) groups is 1. The summed E-state index contributed by atoms with van der Waals surface area (Å²) in [5, 5.41) is 15.7. The van der Waals surface area contributed by atoms with E-state index in [1.54, 1.807) is 6.08 Å². The van der Waals surface area contributed by atoms with E-state index in [9.17, 15) is 4.79 Å². The number of hydrogen-bond donors (Lipinski definition) is 1. The lowest BCUT2D eigenvalue weighted by molar-refractivity contribution is -0.114.